The number of ether oxygens (including phenoxy) is 2. The quantitative estimate of drug-likeness (QED) is 0.237. The molecule has 152 valence electrons. The van der Waals surface area contributed by atoms with Gasteiger partial charge in [0.2, 0.25) is 5.78 Å². The smallest absolute Gasteiger partial charge is 0.338 e. The van der Waals surface area contributed by atoms with Gasteiger partial charge >= 0.3 is 5.97 Å². The number of carbonyl (C=O) groups excluding carboxylic acids is 2. The highest BCUT2D eigenvalue weighted by Crippen LogP contribution is 2.20. The van der Waals surface area contributed by atoms with Crippen LogP contribution >= 0.6 is 0 Å². The second-order valence-electron chi connectivity index (χ2n) is 6.52. The first-order chi connectivity index (χ1) is 14.5. The summed E-state index contributed by atoms with van der Waals surface area (Å²) in [6.45, 7) is 1.22. The van der Waals surface area contributed by atoms with E-state index in [2.05, 4.69) is 0 Å². The maximum atomic E-state index is 12.5. The van der Waals surface area contributed by atoms with Crippen LogP contribution in [0.4, 0.5) is 5.69 Å². The zero-order valence-electron chi connectivity index (χ0n) is 16.2. The third-order valence-electron chi connectivity index (χ3n) is 4.44. The zero-order chi connectivity index (χ0) is 21.5. The molecule has 0 aliphatic carbocycles. The minimum absolute atomic E-state index is 0.112. The van der Waals surface area contributed by atoms with Crippen LogP contribution in [0.15, 0.2) is 72.8 Å². The first-order valence-electron chi connectivity index (χ1n) is 9.17. The maximum Gasteiger partial charge on any atom is 0.338 e. The highest BCUT2D eigenvalue weighted by Gasteiger charge is 2.18. The topological polar surface area (TPSA) is 95.7 Å². The second-order valence-corrected chi connectivity index (χ2v) is 6.52. The van der Waals surface area contributed by atoms with Gasteiger partial charge in [-0.15, -0.1) is 0 Å². The van der Waals surface area contributed by atoms with Crippen LogP contribution in [0.1, 0.15) is 31.8 Å². The number of hydrogen-bond acceptors (Lipinski definition) is 6. The van der Waals surface area contributed by atoms with Crippen molar-refractivity contribution in [2.24, 2.45) is 0 Å². The SMILES string of the molecule is Cc1ccc(C(=O)COC(=O)c2ccccc2COc2ccccc2)cc1[N+](=O)[O-]. The molecule has 0 aromatic heterocycles. The molecular formula is C23H19NO6. The number of aryl methyl sites for hydroxylation is 1. The molecule has 0 aliphatic rings. The Hall–Kier alpha value is -4.00. The van der Waals surface area contributed by atoms with Gasteiger partial charge in [-0.1, -0.05) is 48.5 Å². The number of Topliss-reactive ketones (excluding diaryl/α,β-unsaturated/α-hetero) is 1. The minimum Gasteiger partial charge on any atom is -0.489 e. The van der Waals surface area contributed by atoms with E-state index in [-0.39, 0.29) is 23.4 Å². The molecule has 0 unspecified atom stereocenters. The van der Waals surface area contributed by atoms with Gasteiger partial charge in [-0.05, 0) is 25.1 Å². The van der Waals surface area contributed by atoms with Gasteiger partial charge in [-0.2, -0.15) is 0 Å². The Morgan fingerprint density at radius 3 is 2.40 bits per heavy atom. The summed E-state index contributed by atoms with van der Waals surface area (Å²) in [5, 5.41) is 11.0. The van der Waals surface area contributed by atoms with Gasteiger partial charge in [0.05, 0.1) is 10.5 Å². The standard InChI is InChI=1S/C23H19NO6/c1-16-11-12-17(13-21(16)24(27)28)22(25)15-30-23(26)20-10-6-5-7-18(20)14-29-19-8-3-2-4-9-19/h2-13H,14-15H2,1H3. The molecule has 0 N–H and O–H groups in total. The predicted molar refractivity (Wildman–Crippen MR) is 110 cm³/mol. The van der Waals surface area contributed by atoms with Crippen LogP contribution < -0.4 is 4.74 Å². The van der Waals surface area contributed by atoms with Crippen LogP contribution in [0.2, 0.25) is 0 Å². The van der Waals surface area contributed by atoms with Gasteiger partial charge in [0.1, 0.15) is 12.4 Å². The fourth-order valence-electron chi connectivity index (χ4n) is 2.79. The number of nitro benzene ring substituents is 1. The van der Waals surface area contributed by atoms with E-state index in [1.807, 2.05) is 18.2 Å². The van der Waals surface area contributed by atoms with E-state index in [1.165, 1.54) is 18.2 Å². The average Bonchev–Trinajstić information content (AvgIpc) is 2.76. The number of rotatable bonds is 8. The third kappa shape index (κ3) is 5.08. The summed E-state index contributed by atoms with van der Waals surface area (Å²) in [7, 11) is 0. The van der Waals surface area contributed by atoms with Crippen LogP contribution in [0.5, 0.6) is 5.75 Å². The molecule has 0 spiro atoms. The summed E-state index contributed by atoms with van der Waals surface area (Å²) < 4.78 is 10.8. The van der Waals surface area contributed by atoms with Gasteiger partial charge in [0, 0.05) is 22.8 Å². The van der Waals surface area contributed by atoms with Gasteiger partial charge < -0.3 is 9.47 Å². The Morgan fingerprint density at radius 2 is 1.67 bits per heavy atom. The zero-order valence-corrected chi connectivity index (χ0v) is 16.2. The Kier molecular flexibility index (Phi) is 6.54. The van der Waals surface area contributed by atoms with Gasteiger partial charge in [0.15, 0.2) is 6.61 Å². The molecule has 7 nitrogen and oxygen atoms in total. The molecule has 30 heavy (non-hydrogen) atoms. The number of hydrogen-bond donors (Lipinski definition) is 0. The number of esters is 1. The first-order valence-corrected chi connectivity index (χ1v) is 9.17. The highest BCUT2D eigenvalue weighted by molar-refractivity contribution is 6.00. The Morgan fingerprint density at radius 1 is 0.967 bits per heavy atom. The number of para-hydroxylation sites is 1. The van der Waals surface area contributed by atoms with E-state index in [0.717, 1.165) is 0 Å². The molecule has 3 aromatic carbocycles. The Balaban J connectivity index is 1.66. The largest absolute Gasteiger partial charge is 0.489 e. The normalized spacial score (nSPS) is 10.3. The molecule has 3 rings (SSSR count). The molecule has 0 heterocycles. The van der Waals surface area contributed by atoms with Crippen molar-refractivity contribution in [2.45, 2.75) is 13.5 Å². The van der Waals surface area contributed by atoms with Gasteiger partial charge in [-0.3, -0.25) is 14.9 Å². The van der Waals surface area contributed by atoms with Crippen molar-refractivity contribution < 1.29 is 24.0 Å². The van der Waals surface area contributed by atoms with Crippen molar-refractivity contribution in [3.63, 3.8) is 0 Å². The van der Waals surface area contributed by atoms with E-state index in [9.17, 15) is 19.7 Å². The third-order valence-corrected chi connectivity index (χ3v) is 4.44. The summed E-state index contributed by atoms with van der Waals surface area (Å²) in [5.41, 5.74) is 1.30. The van der Waals surface area contributed by atoms with Crippen molar-refractivity contribution in [3.8, 4) is 5.75 Å². The van der Waals surface area contributed by atoms with Crippen LogP contribution in [-0.2, 0) is 11.3 Å². The average molecular weight is 405 g/mol. The van der Waals surface area contributed by atoms with E-state index in [0.29, 0.717) is 16.9 Å². The molecule has 0 amide bonds. The lowest BCUT2D eigenvalue weighted by atomic mass is 10.1. The molecule has 0 saturated carbocycles. The summed E-state index contributed by atoms with van der Waals surface area (Å²) in [4.78, 5) is 35.3. The molecule has 7 heteroatoms. The lowest BCUT2D eigenvalue weighted by molar-refractivity contribution is -0.385. The van der Waals surface area contributed by atoms with E-state index >= 15 is 0 Å². The van der Waals surface area contributed by atoms with Crippen molar-refractivity contribution in [3.05, 3.63) is 105 Å². The lowest BCUT2D eigenvalue weighted by Crippen LogP contribution is -2.16. The van der Waals surface area contributed by atoms with Gasteiger partial charge in [-0.25, -0.2) is 4.79 Å². The molecule has 0 radical (unpaired) electrons. The van der Waals surface area contributed by atoms with E-state index < -0.39 is 23.3 Å². The highest BCUT2D eigenvalue weighted by atomic mass is 16.6. The van der Waals surface area contributed by atoms with Crippen molar-refractivity contribution in [1.29, 1.82) is 0 Å². The molecule has 0 bridgehead atoms. The molecular weight excluding hydrogens is 386 g/mol. The second kappa shape index (κ2) is 9.47. The summed E-state index contributed by atoms with van der Waals surface area (Å²) in [6.07, 6.45) is 0. The van der Waals surface area contributed by atoms with E-state index in [4.69, 9.17) is 9.47 Å². The number of carbonyl (C=O) groups is 2. The monoisotopic (exact) mass is 405 g/mol. The number of benzene rings is 3. The molecule has 3 aromatic rings. The fourth-order valence-corrected chi connectivity index (χ4v) is 2.79. The van der Waals surface area contributed by atoms with Crippen LogP contribution in [0, 0.1) is 17.0 Å². The molecule has 0 fully saturated rings. The van der Waals surface area contributed by atoms with Crippen molar-refractivity contribution in [2.75, 3.05) is 6.61 Å². The van der Waals surface area contributed by atoms with Crippen LogP contribution in [0.25, 0.3) is 0 Å². The maximum absolute atomic E-state index is 12.5. The number of nitrogens with zero attached hydrogens (tertiary/aromatic N) is 1. The minimum atomic E-state index is -0.669. The Labute approximate surface area is 173 Å². The molecule has 0 atom stereocenters. The summed E-state index contributed by atoms with van der Waals surface area (Å²) >= 11 is 0. The number of ketones is 1. The summed E-state index contributed by atoms with van der Waals surface area (Å²) in [5.74, 6) is -0.529. The molecule has 0 saturated heterocycles. The lowest BCUT2D eigenvalue weighted by Gasteiger charge is -2.11. The Bertz CT molecular complexity index is 1080. The van der Waals surface area contributed by atoms with E-state index in [1.54, 1.807) is 43.3 Å². The first kappa shape index (κ1) is 20.7. The van der Waals surface area contributed by atoms with Crippen LogP contribution in [-0.4, -0.2) is 23.3 Å². The fraction of sp³-hybridized carbons (Fsp3) is 0.130. The molecule has 0 aliphatic heterocycles. The summed E-state index contributed by atoms with van der Waals surface area (Å²) in [6, 6.07) is 20.1. The van der Waals surface area contributed by atoms with Crippen molar-refractivity contribution >= 4 is 17.4 Å². The predicted octanol–water partition coefficient (Wildman–Crippen LogP) is 4.52. The number of nitro groups is 1. The van der Waals surface area contributed by atoms with Crippen molar-refractivity contribution in [1.82, 2.24) is 0 Å². The van der Waals surface area contributed by atoms with Gasteiger partial charge in [0.25, 0.3) is 5.69 Å². The van der Waals surface area contributed by atoms with Crippen LogP contribution in [0.3, 0.4) is 0 Å².